The molecule has 0 saturated heterocycles. The van der Waals surface area contributed by atoms with Gasteiger partial charge in [0.05, 0.1) is 17.5 Å². The van der Waals surface area contributed by atoms with Crippen LogP contribution in [0.4, 0.5) is 5.69 Å². The fraction of sp³-hybridized carbons (Fsp3) is 0.0588. The number of aryl methyl sites for hydroxylation is 1. The molecule has 4 aromatic rings. The zero-order valence-electron chi connectivity index (χ0n) is 12.3. The Labute approximate surface area is 136 Å². The van der Waals surface area contributed by atoms with Gasteiger partial charge in [-0.3, -0.25) is 9.20 Å². The van der Waals surface area contributed by atoms with Crippen molar-refractivity contribution in [1.29, 1.82) is 0 Å². The van der Waals surface area contributed by atoms with E-state index in [1.807, 2.05) is 46.4 Å². The topological polar surface area (TPSA) is 59.5 Å². The number of anilines is 1. The zero-order chi connectivity index (χ0) is 15.8. The number of hydrogen-bond donors (Lipinski definition) is 1. The van der Waals surface area contributed by atoms with Crippen molar-refractivity contribution in [1.82, 2.24) is 9.38 Å². The van der Waals surface area contributed by atoms with E-state index in [9.17, 15) is 4.79 Å². The summed E-state index contributed by atoms with van der Waals surface area (Å²) in [4.78, 5) is 17.7. The van der Waals surface area contributed by atoms with Gasteiger partial charge in [-0.25, -0.2) is 4.98 Å². The summed E-state index contributed by atoms with van der Waals surface area (Å²) in [5.74, 6) is 0.434. The Balaban J connectivity index is 1.55. The van der Waals surface area contributed by atoms with E-state index in [4.69, 9.17) is 4.42 Å². The van der Waals surface area contributed by atoms with Gasteiger partial charge in [-0.1, -0.05) is 12.1 Å². The summed E-state index contributed by atoms with van der Waals surface area (Å²) in [6, 6.07) is 9.30. The minimum atomic E-state index is -0.175. The smallest absolute Gasteiger partial charge is 0.259 e. The highest BCUT2D eigenvalue weighted by Crippen LogP contribution is 2.23. The van der Waals surface area contributed by atoms with Crippen molar-refractivity contribution in [2.75, 3.05) is 5.32 Å². The third-order valence-corrected chi connectivity index (χ3v) is 4.41. The van der Waals surface area contributed by atoms with Crippen molar-refractivity contribution in [2.45, 2.75) is 6.92 Å². The number of benzene rings is 1. The average molecular weight is 323 g/mol. The van der Waals surface area contributed by atoms with Crippen LogP contribution in [0.15, 0.2) is 58.8 Å². The molecular formula is C17H13N3O2S. The minimum Gasteiger partial charge on any atom is -0.469 e. The molecular weight excluding hydrogens is 310 g/mol. The van der Waals surface area contributed by atoms with Crippen molar-refractivity contribution >= 4 is 27.9 Å². The lowest BCUT2D eigenvalue weighted by molar-refractivity contribution is 0.102. The fourth-order valence-electron chi connectivity index (χ4n) is 2.41. The first-order valence-electron chi connectivity index (χ1n) is 7.09. The van der Waals surface area contributed by atoms with Crippen LogP contribution in [0.3, 0.4) is 0 Å². The summed E-state index contributed by atoms with van der Waals surface area (Å²) in [6.45, 7) is 1.77. The Hall–Kier alpha value is -2.86. The molecule has 114 valence electrons. The maximum Gasteiger partial charge on any atom is 0.259 e. The molecule has 0 aliphatic rings. The molecule has 0 fully saturated rings. The summed E-state index contributed by atoms with van der Waals surface area (Å²) in [7, 11) is 0. The van der Waals surface area contributed by atoms with E-state index in [2.05, 4.69) is 10.3 Å². The molecule has 3 heterocycles. The number of fused-ring (bicyclic) bond motifs is 1. The molecule has 1 aromatic carbocycles. The van der Waals surface area contributed by atoms with Crippen LogP contribution in [0.1, 0.15) is 16.1 Å². The van der Waals surface area contributed by atoms with Crippen molar-refractivity contribution < 1.29 is 9.21 Å². The highest BCUT2D eigenvalue weighted by atomic mass is 32.1. The van der Waals surface area contributed by atoms with E-state index in [-0.39, 0.29) is 5.91 Å². The molecule has 0 aliphatic carbocycles. The Morgan fingerprint density at radius 3 is 2.78 bits per heavy atom. The quantitative estimate of drug-likeness (QED) is 0.614. The Kier molecular flexibility index (Phi) is 3.24. The van der Waals surface area contributed by atoms with Gasteiger partial charge >= 0.3 is 0 Å². The first kappa shape index (κ1) is 13.8. The standard InChI is InChI=1S/C17H13N3O2S/c1-11-14(6-8-22-11)16(21)18-13-4-2-12(3-5-13)15-10-20-7-9-23-17(20)19-15/h2-10H,1H3,(H,18,21). The van der Waals surface area contributed by atoms with Gasteiger partial charge in [-0.2, -0.15) is 0 Å². The normalized spacial score (nSPS) is 11.0. The van der Waals surface area contributed by atoms with Gasteiger partial charge in [0.25, 0.3) is 5.91 Å². The van der Waals surface area contributed by atoms with Crippen LogP contribution in [-0.4, -0.2) is 15.3 Å². The number of imidazole rings is 1. The number of carbonyl (C=O) groups is 1. The lowest BCUT2D eigenvalue weighted by Crippen LogP contribution is -2.11. The molecule has 1 N–H and O–H groups in total. The molecule has 0 saturated carbocycles. The molecule has 0 aliphatic heterocycles. The lowest BCUT2D eigenvalue weighted by Gasteiger charge is -2.05. The second kappa shape index (κ2) is 5.40. The number of aromatic nitrogens is 2. The van der Waals surface area contributed by atoms with Crippen LogP contribution in [-0.2, 0) is 0 Å². The van der Waals surface area contributed by atoms with Crippen LogP contribution >= 0.6 is 11.3 Å². The molecule has 1 amide bonds. The third-order valence-electron chi connectivity index (χ3n) is 3.64. The van der Waals surface area contributed by atoms with Gasteiger partial charge in [-0.15, -0.1) is 11.3 Å². The van der Waals surface area contributed by atoms with Gasteiger partial charge in [0.1, 0.15) is 5.76 Å². The Morgan fingerprint density at radius 2 is 2.09 bits per heavy atom. The molecule has 23 heavy (non-hydrogen) atoms. The van der Waals surface area contributed by atoms with E-state index >= 15 is 0 Å². The molecule has 0 radical (unpaired) electrons. The number of amides is 1. The van der Waals surface area contributed by atoms with E-state index in [1.165, 1.54) is 6.26 Å². The van der Waals surface area contributed by atoms with Crippen LogP contribution in [0.25, 0.3) is 16.2 Å². The summed E-state index contributed by atoms with van der Waals surface area (Å²) in [5.41, 5.74) is 3.21. The molecule has 6 heteroatoms. The summed E-state index contributed by atoms with van der Waals surface area (Å²) in [5, 5.41) is 4.87. The van der Waals surface area contributed by atoms with Crippen LogP contribution in [0, 0.1) is 6.92 Å². The van der Waals surface area contributed by atoms with E-state index < -0.39 is 0 Å². The van der Waals surface area contributed by atoms with Gasteiger partial charge in [0.15, 0.2) is 4.96 Å². The second-order valence-electron chi connectivity index (χ2n) is 5.14. The lowest BCUT2D eigenvalue weighted by atomic mass is 10.1. The summed E-state index contributed by atoms with van der Waals surface area (Å²) < 4.78 is 7.15. The van der Waals surface area contributed by atoms with E-state index in [0.29, 0.717) is 11.3 Å². The number of thiazole rings is 1. The maximum atomic E-state index is 12.1. The average Bonchev–Trinajstić information content (AvgIpc) is 3.23. The zero-order valence-corrected chi connectivity index (χ0v) is 13.1. The molecule has 0 atom stereocenters. The largest absolute Gasteiger partial charge is 0.469 e. The molecule has 0 spiro atoms. The van der Waals surface area contributed by atoms with Gasteiger partial charge < -0.3 is 9.73 Å². The van der Waals surface area contributed by atoms with Crippen molar-refractivity contribution in [3.8, 4) is 11.3 Å². The highest BCUT2D eigenvalue weighted by molar-refractivity contribution is 7.15. The van der Waals surface area contributed by atoms with Gasteiger partial charge in [-0.05, 0) is 25.1 Å². The highest BCUT2D eigenvalue weighted by Gasteiger charge is 2.12. The van der Waals surface area contributed by atoms with Crippen LogP contribution in [0.5, 0.6) is 0 Å². The van der Waals surface area contributed by atoms with Crippen LogP contribution < -0.4 is 5.32 Å². The monoisotopic (exact) mass is 323 g/mol. The predicted molar refractivity (Wildman–Crippen MR) is 89.9 cm³/mol. The third kappa shape index (κ3) is 2.53. The number of nitrogens with one attached hydrogen (secondary N) is 1. The molecule has 3 aromatic heterocycles. The fourth-order valence-corrected chi connectivity index (χ4v) is 3.11. The first-order valence-corrected chi connectivity index (χ1v) is 7.97. The van der Waals surface area contributed by atoms with Gasteiger partial charge in [0, 0.05) is 29.0 Å². The Morgan fingerprint density at radius 1 is 1.26 bits per heavy atom. The number of nitrogens with zero attached hydrogens (tertiary/aromatic N) is 2. The molecule has 0 unspecified atom stereocenters. The summed E-state index contributed by atoms with van der Waals surface area (Å²) >= 11 is 1.60. The molecule has 0 bridgehead atoms. The number of carbonyl (C=O) groups excluding carboxylic acids is 1. The SMILES string of the molecule is Cc1occc1C(=O)Nc1ccc(-c2cn3ccsc3n2)cc1. The van der Waals surface area contributed by atoms with Gasteiger partial charge in [0.2, 0.25) is 0 Å². The maximum absolute atomic E-state index is 12.1. The summed E-state index contributed by atoms with van der Waals surface area (Å²) in [6.07, 6.45) is 5.49. The first-order chi connectivity index (χ1) is 11.2. The van der Waals surface area contributed by atoms with E-state index in [1.54, 1.807) is 24.3 Å². The van der Waals surface area contributed by atoms with E-state index in [0.717, 1.165) is 21.9 Å². The minimum absolute atomic E-state index is 0.175. The number of furan rings is 1. The van der Waals surface area contributed by atoms with Crippen molar-refractivity contribution in [3.63, 3.8) is 0 Å². The predicted octanol–water partition coefficient (Wildman–Crippen LogP) is 4.22. The molecule has 4 rings (SSSR count). The van der Waals surface area contributed by atoms with Crippen molar-refractivity contribution in [2.24, 2.45) is 0 Å². The molecule has 5 nitrogen and oxygen atoms in total. The van der Waals surface area contributed by atoms with Crippen LogP contribution in [0.2, 0.25) is 0 Å². The number of rotatable bonds is 3. The Bertz CT molecular complexity index is 950. The van der Waals surface area contributed by atoms with Crippen molar-refractivity contribution in [3.05, 3.63) is 65.7 Å². The second-order valence-corrected chi connectivity index (χ2v) is 6.01. The number of hydrogen-bond acceptors (Lipinski definition) is 4.